The Bertz CT molecular complexity index is 2400. The molecule has 48 heavy (non-hydrogen) atoms. The van der Waals surface area contributed by atoms with Crippen LogP contribution in [0.2, 0.25) is 0 Å². The molecular formula is C38H35N5NiO4. The van der Waals surface area contributed by atoms with Crippen LogP contribution in [0.25, 0.3) is 65.9 Å². The summed E-state index contributed by atoms with van der Waals surface area (Å²) in [5.41, 5.74) is 13.4. The Hall–Kier alpha value is -4.82. The summed E-state index contributed by atoms with van der Waals surface area (Å²) < 4.78 is 9.93. The number of hydrogen-bond acceptors (Lipinski definition) is 7. The van der Waals surface area contributed by atoms with Crippen molar-refractivity contribution in [1.29, 1.82) is 0 Å². The van der Waals surface area contributed by atoms with Gasteiger partial charge in [-0.25, -0.2) is 9.97 Å². The quantitative estimate of drug-likeness (QED) is 0.128. The molecular weight excluding hydrogens is 649 g/mol. The summed E-state index contributed by atoms with van der Waals surface area (Å²) in [6, 6.07) is 12.2. The predicted octanol–water partition coefficient (Wildman–Crippen LogP) is 7.16. The second kappa shape index (κ2) is 13.0. The summed E-state index contributed by atoms with van der Waals surface area (Å²) in [6.07, 6.45) is 3.99. The van der Waals surface area contributed by atoms with Gasteiger partial charge in [-0.3, -0.25) is 14.6 Å². The molecule has 1 aromatic carbocycles. The van der Waals surface area contributed by atoms with Crippen molar-refractivity contribution in [2.45, 2.75) is 59.8 Å². The third kappa shape index (κ3) is 5.48. The molecule has 5 aromatic heterocycles. The molecule has 0 amide bonds. The zero-order valence-electron chi connectivity index (χ0n) is 27.8. The number of allylic oxidation sites excluding steroid dienone is 2. The first-order chi connectivity index (χ1) is 22.7. The number of pyridine rings is 1. The van der Waals surface area contributed by atoms with E-state index >= 15 is 0 Å². The summed E-state index contributed by atoms with van der Waals surface area (Å²) in [6.45, 7) is 8.32. The van der Waals surface area contributed by atoms with Gasteiger partial charge < -0.3 is 19.4 Å². The van der Waals surface area contributed by atoms with E-state index in [0.29, 0.717) is 12.8 Å². The van der Waals surface area contributed by atoms with Crippen LogP contribution in [0, 0.1) is 13.8 Å². The molecule has 0 aliphatic carbocycles. The minimum Gasteiger partial charge on any atom is -0.657 e. The monoisotopic (exact) mass is 683 g/mol. The molecule has 10 heteroatoms. The molecule has 0 unspecified atom stereocenters. The number of nitrogens with zero attached hydrogens (tertiary/aromatic N) is 5. The maximum atomic E-state index is 12.2. The van der Waals surface area contributed by atoms with Gasteiger partial charge in [0.05, 0.1) is 42.2 Å². The molecule has 0 atom stereocenters. The summed E-state index contributed by atoms with van der Waals surface area (Å²) in [5.74, 6) is -0.572. The molecule has 6 aromatic rings. The number of aromatic nitrogens is 5. The molecule has 9 nitrogen and oxygen atoms in total. The smallest absolute Gasteiger partial charge is 0.657 e. The molecule has 0 N–H and O–H groups in total. The molecule has 1 aliphatic rings. The van der Waals surface area contributed by atoms with Gasteiger partial charge in [-0.05, 0) is 68.7 Å². The molecule has 1 aliphatic heterocycles. The fourth-order valence-corrected chi connectivity index (χ4v) is 6.89. The van der Waals surface area contributed by atoms with Crippen molar-refractivity contribution in [3.8, 4) is 0 Å². The minimum absolute atomic E-state index is 0. The number of ether oxygens (including phenoxy) is 2. The van der Waals surface area contributed by atoms with E-state index in [1.807, 2.05) is 50.4 Å². The van der Waals surface area contributed by atoms with E-state index in [1.54, 1.807) is 0 Å². The number of methoxy groups -OCH3 is 2. The number of aryl methyl sites for hydroxylation is 4. The Balaban J connectivity index is 0.00000401. The molecule has 8 bridgehead atoms. The summed E-state index contributed by atoms with van der Waals surface area (Å²) in [5, 5.41) is 2.97. The van der Waals surface area contributed by atoms with E-state index in [4.69, 9.17) is 29.4 Å². The number of fused-ring (bicyclic) bond motifs is 9. The molecule has 0 saturated carbocycles. The van der Waals surface area contributed by atoms with Gasteiger partial charge in [0.15, 0.2) is 0 Å². The zero-order chi connectivity index (χ0) is 33.0. The number of hydrogen-bond donors (Lipinski definition) is 0. The number of carbonyl (C=O) groups excluding carboxylic acids is 2. The van der Waals surface area contributed by atoms with Gasteiger partial charge in [0, 0.05) is 29.8 Å². The van der Waals surface area contributed by atoms with E-state index in [-0.39, 0.29) is 41.3 Å². The van der Waals surface area contributed by atoms with Crippen LogP contribution in [0.1, 0.15) is 66.8 Å². The third-order valence-electron chi connectivity index (χ3n) is 9.56. The Labute approximate surface area is 287 Å². The summed E-state index contributed by atoms with van der Waals surface area (Å²) in [4.78, 5) is 49.8. The average Bonchev–Trinajstić information content (AvgIpc) is 3.77. The fraction of sp³-hybridized carbons (Fsp3) is 0.289. The largest absolute Gasteiger partial charge is 2.00 e. The Morgan fingerprint density at radius 1 is 0.750 bits per heavy atom. The summed E-state index contributed by atoms with van der Waals surface area (Å²) in [7, 11) is 2.80. The van der Waals surface area contributed by atoms with Crippen molar-refractivity contribution in [3.63, 3.8) is 0 Å². The second-order valence-corrected chi connectivity index (χ2v) is 12.1. The Morgan fingerprint density at radius 3 is 2.17 bits per heavy atom. The first kappa shape index (κ1) is 33.1. The van der Waals surface area contributed by atoms with Crippen LogP contribution in [0.15, 0.2) is 42.6 Å². The van der Waals surface area contributed by atoms with Gasteiger partial charge in [-0.2, -0.15) is 0 Å². The molecule has 0 spiro atoms. The number of benzene rings is 1. The van der Waals surface area contributed by atoms with Crippen LogP contribution in [0.5, 0.6) is 0 Å². The van der Waals surface area contributed by atoms with Gasteiger partial charge >= 0.3 is 28.4 Å². The standard InChI is InChI=1S/C38H35N5O4.Ni/c1-7-22-19(2)30-16-28-20(3)23(9-12-34(44)46-5)31(40-28)18-32-24(10-13-35(45)47-6)21(4)29(41-32)17-33-25-14-15-39-27-11-8-26(37(22)42-30)38(43-33)36(25)27;/h8,11,14-18H,7,9-10,12-13H2,1-6H3;/q-2;+2. The molecule has 0 fully saturated rings. The van der Waals surface area contributed by atoms with Crippen LogP contribution in [-0.4, -0.2) is 41.1 Å². The molecule has 0 radical (unpaired) electrons. The minimum atomic E-state index is -0.288. The third-order valence-corrected chi connectivity index (χ3v) is 9.56. The van der Waals surface area contributed by atoms with E-state index in [9.17, 15) is 9.59 Å². The van der Waals surface area contributed by atoms with Crippen molar-refractivity contribution in [2.75, 3.05) is 14.2 Å². The van der Waals surface area contributed by atoms with Gasteiger partial charge in [-0.1, -0.05) is 53.4 Å². The van der Waals surface area contributed by atoms with Crippen LogP contribution in [-0.2, 0) is 48.4 Å². The second-order valence-electron chi connectivity index (χ2n) is 12.1. The summed E-state index contributed by atoms with van der Waals surface area (Å²) >= 11 is 0. The fourth-order valence-electron chi connectivity index (χ4n) is 6.89. The van der Waals surface area contributed by atoms with Crippen molar-refractivity contribution in [2.24, 2.45) is 0 Å². The van der Waals surface area contributed by atoms with E-state index < -0.39 is 0 Å². The average molecular weight is 684 g/mol. The van der Waals surface area contributed by atoms with Crippen molar-refractivity contribution < 1.29 is 35.6 Å². The molecule has 246 valence electrons. The van der Waals surface area contributed by atoms with Crippen LogP contribution < -0.4 is 9.97 Å². The van der Waals surface area contributed by atoms with Gasteiger partial charge in [0.1, 0.15) is 0 Å². The number of carbonyl (C=O) groups is 2. The van der Waals surface area contributed by atoms with E-state index in [1.165, 1.54) is 19.8 Å². The Morgan fingerprint density at radius 2 is 1.44 bits per heavy atom. The normalized spacial score (nSPS) is 12.3. The van der Waals surface area contributed by atoms with Crippen molar-refractivity contribution in [3.05, 3.63) is 76.2 Å². The van der Waals surface area contributed by atoms with Crippen molar-refractivity contribution >= 4 is 77.9 Å². The van der Waals surface area contributed by atoms with Gasteiger partial charge in [0.2, 0.25) is 0 Å². The number of esters is 2. The SMILES string of the molecule is CCc1c(C)c2cc3nc(cc4[n-]c(cc5nc6c(ccc7nccc5c76)c1[n-]2)c(C)c4CCC(=O)OC)C(CCC(=O)OC)=C3C.[Ni+2]. The van der Waals surface area contributed by atoms with Gasteiger partial charge in [-0.15, -0.1) is 22.1 Å². The number of rotatable bonds is 7. The maximum absolute atomic E-state index is 12.2. The van der Waals surface area contributed by atoms with Crippen LogP contribution >= 0.6 is 0 Å². The molecule has 7 rings (SSSR count). The first-order valence-electron chi connectivity index (χ1n) is 15.9. The predicted molar refractivity (Wildman–Crippen MR) is 185 cm³/mol. The van der Waals surface area contributed by atoms with Crippen LogP contribution in [0.4, 0.5) is 0 Å². The molecule has 6 heterocycles. The first-order valence-corrected chi connectivity index (χ1v) is 15.9. The zero-order valence-corrected chi connectivity index (χ0v) is 28.7. The van der Waals surface area contributed by atoms with E-state index in [2.05, 4.69) is 24.9 Å². The molecule has 0 saturated heterocycles. The van der Waals surface area contributed by atoms with Crippen molar-refractivity contribution in [1.82, 2.24) is 24.9 Å². The Kier molecular flexibility index (Phi) is 8.96. The van der Waals surface area contributed by atoms with E-state index in [0.717, 1.165) is 100 Å². The topological polar surface area (TPSA) is 119 Å². The van der Waals surface area contributed by atoms with Crippen LogP contribution in [0.3, 0.4) is 0 Å². The van der Waals surface area contributed by atoms with Gasteiger partial charge in [0.25, 0.3) is 0 Å². The maximum Gasteiger partial charge on any atom is 2.00 e.